The highest BCUT2D eigenvalue weighted by molar-refractivity contribution is 5.60. The molecule has 7 heteroatoms. The Morgan fingerprint density at radius 3 is 2.73 bits per heavy atom. The minimum absolute atomic E-state index is 0.303. The molecular weight excluding hydrogens is 330 g/mol. The van der Waals surface area contributed by atoms with Gasteiger partial charge >= 0.3 is 0 Å². The molecule has 0 spiro atoms. The van der Waals surface area contributed by atoms with Gasteiger partial charge in [0.25, 0.3) is 0 Å². The molecular formula is C19H21N5O2. The van der Waals surface area contributed by atoms with Crippen molar-refractivity contribution in [3.05, 3.63) is 54.2 Å². The second kappa shape index (κ2) is 7.13. The van der Waals surface area contributed by atoms with Crippen molar-refractivity contribution >= 4 is 5.82 Å². The Labute approximate surface area is 151 Å². The molecule has 1 fully saturated rings. The molecule has 1 aromatic carbocycles. The molecule has 0 aliphatic heterocycles. The fourth-order valence-corrected chi connectivity index (χ4v) is 3.07. The van der Waals surface area contributed by atoms with Gasteiger partial charge in [0.2, 0.25) is 0 Å². The molecule has 1 aliphatic carbocycles. The van der Waals surface area contributed by atoms with Crippen molar-refractivity contribution in [1.82, 2.24) is 15.1 Å². The Balaban J connectivity index is 1.39. The Morgan fingerprint density at radius 1 is 1.19 bits per heavy atom. The van der Waals surface area contributed by atoms with Gasteiger partial charge in [0.15, 0.2) is 5.76 Å². The lowest BCUT2D eigenvalue weighted by atomic mass is 9.79. The van der Waals surface area contributed by atoms with E-state index in [2.05, 4.69) is 20.4 Å². The lowest BCUT2D eigenvalue weighted by Crippen LogP contribution is -2.35. The van der Waals surface area contributed by atoms with Crippen LogP contribution in [0.5, 0.6) is 5.75 Å². The minimum Gasteiger partial charge on any atom is -0.497 e. The Kier molecular flexibility index (Phi) is 4.53. The summed E-state index contributed by atoms with van der Waals surface area (Å²) >= 11 is 0. The van der Waals surface area contributed by atoms with Gasteiger partial charge in [-0.25, -0.2) is 9.97 Å². The smallest absolute Gasteiger partial charge is 0.156 e. The van der Waals surface area contributed by atoms with Gasteiger partial charge in [-0.05, 0) is 37.1 Å². The molecule has 1 saturated carbocycles. The summed E-state index contributed by atoms with van der Waals surface area (Å²) in [7, 11) is 1.65. The van der Waals surface area contributed by atoms with E-state index < -0.39 is 0 Å². The van der Waals surface area contributed by atoms with E-state index in [-0.39, 0.29) is 0 Å². The molecule has 7 nitrogen and oxygen atoms in total. The second-order valence-electron chi connectivity index (χ2n) is 6.52. The summed E-state index contributed by atoms with van der Waals surface area (Å²) in [5.41, 5.74) is 8.67. The monoisotopic (exact) mass is 351 g/mol. The van der Waals surface area contributed by atoms with E-state index in [4.69, 9.17) is 15.0 Å². The standard InChI is InChI=1S/C19H21N5O2/c1-25-15-4-2-12(3-5-15)18-8-16(26-24-18)10-21-19-9-17(22-11-23-19)13-6-14(20)7-13/h2-5,8-9,11,13-14H,6-7,10,20H2,1H3,(H,21,22,23). The number of aromatic nitrogens is 3. The van der Waals surface area contributed by atoms with E-state index in [0.29, 0.717) is 18.5 Å². The Hall–Kier alpha value is -2.93. The summed E-state index contributed by atoms with van der Waals surface area (Å²) in [6.45, 7) is 0.504. The molecule has 0 unspecified atom stereocenters. The van der Waals surface area contributed by atoms with Gasteiger partial charge in [-0.15, -0.1) is 0 Å². The second-order valence-corrected chi connectivity index (χ2v) is 6.52. The molecule has 0 bridgehead atoms. The number of nitrogens with zero attached hydrogens (tertiary/aromatic N) is 3. The number of nitrogens with two attached hydrogens (primary N) is 1. The number of nitrogens with one attached hydrogen (secondary N) is 1. The molecule has 2 heterocycles. The van der Waals surface area contributed by atoms with Crippen LogP contribution in [0.25, 0.3) is 11.3 Å². The van der Waals surface area contributed by atoms with Crippen LogP contribution in [0.4, 0.5) is 5.82 Å². The maximum Gasteiger partial charge on any atom is 0.156 e. The highest BCUT2D eigenvalue weighted by atomic mass is 16.5. The summed E-state index contributed by atoms with van der Waals surface area (Å²) in [6.07, 6.45) is 3.57. The minimum atomic E-state index is 0.303. The number of anilines is 1. The number of hydrogen-bond donors (Lipinski definition) is 2. The van der Waals surface area contributed by atoms with E-state index in [9.17, 15) is 0 Å². The summed E-state index contributed by atoms with van der Waals surface area (Å²) < 4.78 is 10.6. The van der Waals surface area contributed by atoms with Crippen molar-refractivity contribution in [3.8, 4) is 17.0 Å². The van der Waals surface area contributed by atoms with Crippen LogP contribution in [-0.2, 0) is 6.54 Å². The van der Waals surface area contributed by atoms with Crippen LogP contribution in [-0.4, -0.2) is 28.3 Å². The molecule has 0 amide bonds. The first-order valence-corrected chi connectivity index (χ1v) is 8.62. The van der Waals surface area contributed by atoms with Crippen LogP contribution in [0, 0.1) is 0 Å². The summed E-state index contributed by atoms with van der Waals surface area (Å²) in [5.74, 6) is 2.77. The number of ether oxygens (including phenoxy) is 1. The van der Waals surface area contributed by atoms with E-state index in [1.54, 1.807) is 13.4 Å². The molecule has 3 N–H and O–H groups in total. The predicted molar refractivity (Wildman–Crippen MR) is 97.8 cm³/mol. The van der Waals surface area contributed by atoms with E-state index in [1.165, 1.54) is 0 Å². The predicted octanol–water partition coefficient (Wildman–Crippen LogP) is 2.96. The zero-order valence-electron chi connectivity index (χ0n) is 14.6. The third kappa shape index (κ3) is 3.52. The molecule has 3 aromatic rings. The van der Waals surface area contributed by atoms with Crippen LogP contribution >= 0.6 is 0 Å². The third-order valence-electron chi connectivity index (χ3n) is 4.67. The maximum atomic E-state index is 5.86. The summed E-state index contributed by atoms with van der Waals surface area (Å²) in [6, 6.07) is 11.9. The molecule has 0 saturated heterocycles. The van der Waals surface area contributed by atoms with Gasteiger partial charge in [-0.1, -0.05) is 5.16 Å². The van der Waals surface area contributed by atoms with Crippen LogP contribution in [0.1, 0.15) is 30.2 Å². The average molecular weight is 351 g/mol. The Morgan fingerprint density at radius 2 is 2.00 bits per heavy atom. The lowest BCUT2D eigenvalue weighted by Gasteiger charge is -2.31. The average Bonchev–Trinajstić information content (AvgIpc) is 3.13. The van der Waals surface area contributed by atoms with E-state index in [1.807, 2.05) is 36.4 Å². The number of methoxy groups -OCH3 is 1. The first-order valence-electron chi connectivity index (χ1n) is 8.62. The van der Waals surface area contributed by atoms with Crippen molar-refractivity contribution in [1.29, 1.82) is 0 Å². The van der Waals surface area contributed by atoms with Crippen LogP contribution in [0.3, 0.4) is 0 Å². The van der Waals surface area contributed by atoms with E-state index >= 15 is 0 Å². The fourth-order valence-electron chi connectivity index (χ4n) is 3.07. The Bertz CT molecular complexity index is 872. The molecule has 134 valence electrons. The summed E-state index contributed by atoms with van der Waals surface area (Å²) in [4.78, 5) is 8.62. The lowest BCUT2D eigenvalue weighted by molar-refractivity contribution is 0.345. The normalized spacial score (nSPS) is 19.0. The molecule has 0 atom stereocenters. The summed E-state index contributed by atoms with van der Waals surface area (Å²) in [5, 5.41) is 7.39. The van der Waals surface area contributed by atoms with Crippen molar-refractivity contribution < 1.29 is 9.26 Å². The van der Waals surface area contributed by atoms with Crippen molar-refractivity contribution in [3.63, 3.8) is 0 Å². The van der Waals surface area contributed by atoms with Gasteiger partial charge < -0.3 is 20.3 Å². The van der Waals surface area contributed by atoms with E-state index in [0.717, 1.165) is 47.1 Å². The number of rotatable bonds is 6. The first kappa shape index (κ1) is 16.5. The maximum absolute atomic E-state index is 5.86. The zero-order chi connectivity index (χ0) is 17.9. The van der Waals surface area contributed by atoms with Crippen LogP contribution in [0.15, 0.2) is 47.2 Å². The van der Waals surface area contributed by atoms with Gasteiger partial charge in [0, 0.05) is 35.3 Å². The van der Waals surface area contributed by atoms with Gasteiger partial charge in [0.05, 0.1) is 13.7 Å². The SMILES string of the molecule is COc1ccc(-c2cc(CNc3cc(C4CC(N)C4)ncn3)on2)cc1. The molecule has 26 heavy (non-hydrogen) atoms. The topological polar surface area (TPSA) is 99.1 Å². The number of benzene rings is 1. The third-order valence-corrected chi connectivity index (χ3v) is 4.67. The van der Waals surface area contributed by atoms with Crippen LogP contribution < -0.4 is 15.8 Å². The molecule has 1 aliphatic rings. The highest BCUT2D eigenvalue weighted by Gasteiger charge is 2.28. The highest BCUT2D eigenvalue weighted by Crippen LogP contribution is 2.34. The van der Waals surface area contributed by atoms with Crippen molar-refractivity contribution in [2.75, 3.05) is 12.4 Å². The quantitative estimate of drug-likeness (QED) is 0.704. The fraction of sp³-hybridized carbons (Fsp3) is 0.316. The molecule has 2 aromatic heterocycles. The van der Waals surface area contributed by atoms with Gasteiger partial charge in [-0.2, -0.15) is 0 Å². The largest absolute Gasteiger partial charge is 0.497 e. The van der Waals surface area contributed by atoms with Gasteiger partial charge in [-0.3, -0.25) is 0 Å². The van der Waals surface area contributed by atoms with Crippen molar-refractivity contribution in [2.45, 2.75) is 31.3 Å². The zero-order valence-corrected chi connectivity index (χ0v) is 14.6. The molecule has 0 radical (unpaired) electrons. The van der Waals surface area contributed by atoms with Gasteiger partial charge in [0.1, 0.15) is 23.6 Å². The number of hydrogen-bond acceptors (Lipinski definition) is 7. The first-order chi connectivity index (χ1) is 12.7. The van der Waals surface area contributed by atoms with Crippen molar-refractivity contribution in [2.24, 2.45) is 5.73 Å². The van der Waals surface area contributed by atoms with Crippen LogP contribution in [0.2, 0.25) is 0 Å². The molecule has 4 rings (SSSR count).